The Balaban J connectivity index is 1.64. The molecule has 0 N–H and O–H groups in total. The van der Waals surface area contributed by atoms with Crippen LogP contribution in [0.25, 0.3) is 17.2 Å². The van der Waals surface area contributed by atoms with Crippen molar-refractivity contribution < 1.29 is 0 Å². The molecule has 2 aromatic rings. The van der Waals surface area contributed by atoms with Crippen LogP contribution in [0.4, 0.5) is 0 Å². The second-order valence-electron chi connectivity index (χ2n) is 8.10. The van der Waals surface area contributed by atoms with Gasteiger partial charge in [0, 0.05) is 0 Å². The molecule has 0 radical (unpaired) electrons. The number of allylic oxidation sites excluding steroid dienone is 1. The Hall–Kier alpha value is -1.82. The van der Waals surface area contributed by atoms with Crippen molar-refractivity contribution in [1.29, 1.82) is 0 Å². The molecule has 0 bridgehead atoms. The van der Waals surface area contributed by atoms with Crippen molar-refractivity contribution in [2.75, 3.05) is 0 Å². The van der Waals surface area contributed by atoms with E-state index in [1.54, 1.807) is 5.57 Å². The first-order chi connectivity index (χ1) is 11.7. The maximum atomic E-state index is 2.50. The lowest BCUT2D eigenvalue weighted by atomic mass is 9.81. The Morgan fingerprint density at radius 1 is 0.958 bits per heavy atom. The summed E-state index contributed by atoms with van der Waals surface area (Å²) in [4.78, 5) is 0. The van der Waals surface area contributed by atoms with Gasteiger partial charge in [0.15, 0.2) is 0 Å². The van der Waals surface area contributed by atoms with Crippen LogP contribution in [0, 0.1) is 5.41 Å². The lowest BCUT2D eigenvalue weighted by Gasteiger charge is -2.24. The van der Waals surface area contributed by atoms with Gasteiger partial charge < -0.3 is 0 Å². The maximum Gasteiger partial charge on any atom is -0.00574 e. The topological polar surface area (TPSA) is 0 Å². The minimum atomic E-state index is 0.552. The number of fused-ring (bicyclic) bond motifs is 1. The predicted molar refractivity (Wildman–Crippen MR) is 104 cm³/mol. The molecular weight excluding hydrogens is 288 g/mol. The van der Waals surface area contributed by atoms with Gasteiger partial charge in [0.1, 0.15) is 0 Å². The second kappa shape index (κ2) is 6.24. The molecular formula is C24H28. The van der Waals surface area contributed by atoms with E-state index in [2.05, 4.69) is 62.4 Å². The van der Waals surface area contributed by atoms with Gasteiger partial charge in [-0.2, -0.15) is 0 Å². The van der Waals surface area contributed by atoms with E-state index in [4.69, 9.17) is 0 Å². The first-order valence-electron chi connectivity index (χ1n) is 9.57. The number of aryl methyl sites for hydroxylation is 1. The minimum Gasteiger partial charge on any atom is -0.0646 e. The Morgan fingerprint density at radius 2 is 1.71 bits per heavy atom. The summed E-state index contributed by atoms with van der Waals surface area (Å²) < 4.78 is 0. The quantitative estimate of drug-likeness (QED) is 0.580. The molecule has 0 spiro atoms. The number of benzene rings is 2. The molecule has 1 fully saturated rings. The third-order valence-electron chi connectivity index (χ3n) is 6.10. The molecule has 0 nitrogen and oxygen atoms in total. The smallest absolute Gasteiger partial charge is 0.00574 e. The highest BCUT2D eigenvalue weighted by Gasteiger charge is 2.30. The molecule has 2 aromatic carbocycles. The van der Waals surface area contributed by atoms with Crippen molar-refractivity contribution in [2.24, 2.45) is 5.41 Å². The lowest BCUT2D eigenvalue weighted by molar-refractivity contribution is 0.333. The summed E-state index contributed by atoms with van der Waals surface area (Å²) in [6, 6.07) is 16.0. The fraction of sp³-hybridized carbons (Fsp3) is 0.417. The molecule has 0 heterocycles. The molecule has 0 amide bonds. The van der Waals surface area contributed by atoms with Gasteiger partial charge >= 0.3 is 0 Å². The van der Waals surface area contributed by atoms with Gasteiger partial charge in [-0.1, -0.05) is 80.8 Å². The van der Waals surface area contributed by atoms with Crippen LogP contribution in [0.1, 0.15) is 62.6 Å². The van der Waals surface area contributed by atoms with E-state index >= 15 is 0 Å². The number of rotatable bonds is 4. The summed E-state index contributed by atoms with van der Waals surface area (Å²) >= 11 is 0. The van der Waals surface area contributed by atoms with Gasteiger partial charge in [-0.25, -0.2) is 0 Å². The van der Waals surface area contributed by atoms with Crippen molar-refractivity contribution in [2.45, 2.75) is 58.8 Å². The average molecular weight is 316 g/mol. The third-order valence-corrected chi connectivity index (χ3v) is 6.10. The molecule has 0 atom stereocenters. The van der Waals surface area contributed by atoms with E-state index < -0.39 is 0 Å². The van der Waals surface area contributed by atoms with E-state index in [9.17, 15) is 0 Å². The fourth-order valence-corrected chi connectivity index (χ4v) is 4.68. The van der Waals surface area contributed by atoms with Crippen LogP contribution >= 0.6 is 0 Å². The van der Waals surface area contributed by atoms with Crippen LogP contribution in [-0.2, 0) is 12.8 Å². The first kappa shape index (κ1) is 15.7. The van der Waals surface area contributed by atoms with E-state index in [1.165, 1.54) is 59.9 Å². The summed E-state index contributed by atoms with van der Waals surface area (Å²) in [6.45, 7) is 4.71. The molecule has 0 aromatic heterocycles. The largest absolute Gasteiger partial charge is 0.0646 e. The fourth-order valence-electron chi connectivity index (χ4n) is 4.68. The summed E-state index contributed by atoms with van der Waals surface area (Å²) in [5, 5.41) is 0. The molecule has 1 saturated carbocycles. The van der Waals surface area contributed by atoms with Crippen LogP contribution < -0.4 is 0 Å². The van der Waals surface area contributed by atoms with Gasteiger partial charge in [0.25, 0.3) is 0 Å². The van der Waals surface area contributed by atoms with Gasteiger partial charge in [-0.15, -0.1) is 0 Å². The first-order valence-corrected chi connectivity index (χ1v) is 9.57. The summed E-state index contributed by atoms with van der Waals surface area (Å²) in [7, 11) is 0. The van der Waals surface area contributed by atoms with Crippen molar-refractivity contribution in [3.8, 4) is 11.1 Å². The standard InChI is InChI=1S/C24H28/c1-3-18-9-11-20(12-10-18)22-8-6-7-21-15-19(16-23(21)22)17-24(2)13-4-5-14-24/h6-12,16H,3-5,13-15,17H2,1-2H3. The van der Waals surface area contributed by atoms with Crippen molar-refractivity contribution in [3.63, 3.8) is 0 Å². The molecule has 0 aliphatic heterocycles. The highest BCUT2D eigenvalue weighted by molar-refractivity contribution is 5.80. The highest BCUT2D eigenvalue weighted by atomic mass is 14.4. The highest BCUT2D eigenvalue weighted by Crippen LogP contribution is 2.45. The summed E-state index contributed by atoms with van der Waals surface area (Å²) in [5.74, 6) is 0. The molecule has 2 aliphatic carbocycles. The van der Waals surface area contributed by atoms with E-state index in [0.29, 0.717) is 5.41 Å². The Kier molecular flexibility index (Phi) is 4.08. The molecule has 0 unspecified atom stereocenters. The number of hydrogen-bond acceptors (Lipinski definition) is 0. The normalized spacial score (nSPS) is 18.5. The van der Waals surface area contributed by atoms with Gasteiger partial charge in [-0.3, -0.25) is 0 Å². The lowest BCUT2D eigenvalue weighted by Crippen LogP contribution is -2.11. The molecule has 0 heteroatoms. The van der Waals surface area contributed by atoms with E-state index in [0.717, 1.165) is 12.8 Å². The minimum absolute atomic E-state index is 0.552. The van der Waals surface area contributed by atoms with Crippen LogP contribution in [0.5, 0.6) is 0 Å². The van der Waals surface area contributed by atoms with Crippen molar-refractivity contribution in [1.82, 2.24) is 0 Å². The van der Waals surface area contributed by atoms with Crippen molar-refractivity contribution in [3.05, 3.63) is 64.7 Å². The summed E-state index contributed by atoms with van der Waals surface area (Å²) in [5.41, 5.74) is 9.36. The van der Waals surface area contributed by atoms with Gasteiger partial charge in [-0.05, 0) is 65.3 Å². The van der Waals surface area contributed by atoms with Gasteiger partial charge in [0.2, 0.25) is 0 Å². The predicted octanol–water partition coefficient (Wildman–Crippen LogP) is 6.83. The molecule has 4 rings (SSSR count). The Labute approximate surface area is 146 Å². The third kappa shape index (κ3) is 2.95. The zero-order valence-corrected chi connectivity index (χ0v) is 15.1. The SMILES string of the molecule is CCc1ccc(-c2cccc3c2C=C(CC2(C)CCCC2)C3)cc1. The van der Waals surface area contributed by atoms with Crippen molar-refractivity contribution >= 4 is 6.08 Å². The molecule has 24 heavy (non-hydrogen) atoms. The maximum absolute atomic E-state index is 2.50. The van der Waals surface area contributed by atoms with E-state index in [-0.39, 0.29) is 0 Å². The number of hydrogen-bond donors (Lipinski definition) is 0. The Bertz CT molecular complexity index is 755. The van der Waals surface area contributed by atoms with Crippen LogP contribution in [0.15, 0.2) is 48.0 Å². The summed E-state index contributed by atoms with van der Waals surface area (Å²) in [6.07, 6.45) is 11.7. The zero-order chi connectivity index (χ0) is 16.6. The van der Waals surface area contributed by atoms with E-state index in [1.807, 2.05) is 0 Å². The Morgan fingerprint density at radius 3 is 2.42 bits per heavy atom. The van der Waals surface area contributed by atoms with Gasteiger partial charge in [0.05, 0.1) is 0 Å². The second-order valence-corrected chi connectivity index (χ2v) is 8.10. The molecule has 0 saturated heterocycles. The average Bonchev–Trinajstić information content (AvgIpc) is 3.20. The molecule has 124 valence electrons. The molecule has 2 aliphatic rings. The van der Waals surface area contributed by atoms with Crippen LogP contribution in [-0.4, -0.2) is 0 Å². The monoisotopic (exact) mass is 316 g/mol. The zero-order valence-electron chi connectivity index (χ0n) is 15.1. The van der Waals surface area contributed by atoms with Crippen LogP contribution in [0.2, 0.25) is 0 Å². The van der Waals surface area contributed by atoms with Crippen LogP contribution in [0.3, 0.4) is 0 Å².